The van der Waals surface area contributed by atoms with E-state index in [4.69, 9.17) is 4.74 Å². The number of aliphatic imine (C=N–C) groups is 1. The van der Waals surface area contributed by atoms with Crippen LogP contribution in [0, 0.1) is 5.82 Å². The first-order chi connectivity index (χ1) is 13.7. The third-order valence-corrected chi connectivity index (χ3v) is 3.97. The second-order valence-electron chi connectivity index (χ2n) is 5.93. The summed E-state index contributed by atoms with van der Waals surface area (Å²) in [5, 5.41) is 2.88. The molecule has 5 nitrogen and oxygen atoms in total. The van der Waals surface area contributed by atoms with Crippen molar-refractivity contribution in [3.8, 4) is 0 Å². The third-order valence-electron chi connectivity index (χ3n) is 3.97. The van der Waals surface area contributed by atoms with Crippen LogP contribution in [0.2, 0.25) is 0 Å². The lowest BCUT2D eigenvalue weighted by molar-refractivity contribution is 0.124. The van der Waals surface area contributed by atoms with Gasteiger partial charge in [0.05, 0.1) is 6.54 Å². The minimum absolute atomic E-state index is 0.186. The maximum Gasteiger partial charge on any atom is 0.417 e. The van der Waals surface area contributed by atoms with E-state index in [9.17, 15) is 9.18 Å². The summed E-state index contributed by atoms with van der Waals surface area (Å²) in [5.41, 5.74) is 1.32. The van der Waals surface area contributed by atoms with Gasteiger partial charge < -0.3 is 10.1 Å². The van der Waals surface area contributed by atoms with Gasteiger partial charge in [-0.15, -0.1) is 0 Å². The number of rotatable bonds is 1. The summed E-state index contributed by atoms with van der Waals surface area (Å²) in [6.07, 6.45) is 20.5. The van der Waals surface area contributed by atoms with Gasteiger partial charge in [0.1, 0.15) is 5.82 Å². The second kappa shape index (κ2) is 9.87. The second-order valence-corrected chi connectivity index (χ2v) is 5.93. The van der Waals surface area contributed by atoms with Gasteiger partial charge in [-0.25, -0.2) is 9.18 Å². The highest BCUT2D eigenvalue weighted by Gasteiger charge is 2.27. The molecular weight excluding hydrogens is 357 g/mol. The van der Waals surface area contributed by atoms with Gasteiger partial charge in [0, 0.05) is 30.7 Å². The molecule has 3 rings (SSSR count). The number of hydrogen-bond acceptors (Lipinski definition) is 4. The molecule has 0 saturated carbocycles. The number of halogens is 1. The maximum atomic E-state index is 13.9. The lowest BCUT2D eigenvalue weighted by atomic mass is 10.1. The van der Waals surface area contributed by atoms with E-state index in [-0.39, 0.29) is 18.2 Å². The first-order valence-electron chi connectivity index (χ1n) is 8.79. The Labute approximate surface area is 163 Å². The van der Waals surface area contributed by atoms with Crippen LogP contribution in [-0.4, -0.2) is 17.2 Å². The number of carbonyl (C=O) groups excluding carboxylic acids is 1. The largest absolute Gasteiger partial charge is 0.417 e. The normalized spacial score (nSPS) is 16.2. The smallest absolute Gasteiger partial charge is 0.393 e. The zero-order valence-corrected chi connectivity index (χ0v) is 15.2. The molecule has 0 unspecified atom stereocenters. The maximum absolute atomic E-state index is 13.9. The molecule has 0 bridgehead atoms. The molecule has 1 amide bonds. The molecule has 0 atom stereocenters. The lowest BCUT2D eigenvalue weighted by Gasteiger charge is -2.16. The van der Waals surface area contributed by atoms with Crippen LogP contribution in [0.25, 0.3) is 0 Å². The highest BCUT2D eigenvalue weighted by molar-refractivity contribution is 5.72. The molecule has 0 aliphatic carbocycles. The third kappa shape index (κ3) is 5.41. The van der Waals surface area contributed by atoms with E-state index in [1.54, 1.807) is 42.9 Å². The minimum atomic E-state index is -0.557. The van der Waals surface area contributed by atoms with E-state index in [0.717, 1.165) is 5.56 Å². The van der Waals surface area contributed by atoms with Gasteiger partial charge in [0.25, 0.3) is 0 Å². The van der Waals surface area contributed by atoms with Gasteiger partial charge >= 0.3 is 6.09 Å². The van der Waals surface area contributed by atoms with E-state index in [1.807, 2.05) is 42.5 Å². The Bertz CT molecular complexity index is 924. The molecule has 1 N–H and O–H groups in total. The summed E-state index contributed by atoms with van der Waals surface area (Å²) < 4.78 is 19.3. The quantitative estimate of drug-likeness (QED) is 0.785. The predicted molar refractivity (Wildman–Crippen MR) is 108 cm³/mol. The Morgan fingerprint density at radius 2 is 1.79 bits per heavy atom. The van der Waals surface area contributed by atoms with Crippen LogP contribution in [0.1, 0.15) is 11.1 Å². The molecule has 1 aromatic rings. The highest BCUT2D eigenvalue weighted by atomic mass is 19.1. The molecule has 28 heavy (non-hydrogen) atoms. The molecule has 0 spiro atoms. The number of ether oxygens (including phenoxy) is 1. The van der Waals surface area contributed by atoms with Gasteiger partial charge in [-0.2, -0.15) is 0 Å². The van der Waals surface area contributed by atoms with E-state index in [1.165, 1.54) is 11.0 Å². The Morgan fingerprint density at radius 1 is 1.04 bits per heavy atom. The van der Waals surface area contributed by atoms with Crippen molar-refractivity contribution in [2.45, 2.75) is 13.1 Å². The van der Waals surface area contributed by atoms with Crippen LogP contribution < -0.4 is 5.32 Å². The van der Waals surface area contributed by atoms with Gasteiger partial charge in [-0.1, -0.05) is 54.7 Å². The van der Waals surface area contributed by atoms with Gasteiger partial charge in [0.15, 0.2) is 0 Å². The molecule has 0 aromatic heterocycles. The van der Waals surface area contributed by atoms with Crippen LogP contribution in [0.5, 0.6) is 0 Å². The Balaban J connectivity index is 1.69. The SMILES string of the molecule is O=C(OC1=CC=CC=CC=CC=CC=NC=CN1)N1Cc2cccc(F)c2C1. The Hall–Kier alpha value is -3.67. The van der Waals surface area contributed by atoms with E-state index >= 15 is 0 Å². The fourth-order valence-corrected chi connectivity index (χ4v) is 2.62. The van der Waals surface area contributed by atoms with Crippen LogP contribution >= 0.6 is 0 Å². The first kappa shape index (κ1) is 19.1. The van der Waals surface area contributed by atoms with Crippen molar-refractivity contribution in [1.29, 1.82) is 0 Å². The van der Waals surface area contributed by atoms with Gasteiger partial charge in [0.2, 0.25) is 5.88 Å². The highest BCUT2D eigenvalue weighted by Crippen LogP contribution is 2.25. The van der Waals surface area contributed by atoms with E-state index < -0.39 is 6.09 Å². The molecule has 0 fully saturated rings. The summed E-state index contributed by atoms with van der Waals surface area (Å²) in [4.78, 5) is 18.0. The molecule has 142 valence electrons. The molecule has 0 radical (unpaired) electrons. The number of nitrogens with one attached hydrogen (secondary N) is 1. The number of carbonyl (C=O) groups is 1. The number of nitrogens with zero attached hydrogens (tertiary/aromatic N) is 2. The van der Waals surface area contributed by atoms with Crippen molar-refractivity contribution >= 4 is 12.3 Å². The van der Waals surface area contributed by atoms with E-state index in [2.05, 4.69) is 10.3 Å². The summed E-state index contributed by atoms with van der Waals surface area (Å²) in [5.74, 6) is -0.0730. The summed E-state index contributed by atoms with van der Waals surface area (Å²) in [6.45, 7) is 0.502. The van der Waals surface area contributed by atoms with Crippen molar-refractivity contribution in [2.75, 3.05) is 0 Å². The van der Waals surface area contributed by atoms with Crippen molar-refractivity contribution in [1.82, 2.24) is 10.2 Å². The van der Waals surface area contributed by atoms with Crippen molar-refractivity contribution in [3.05, 3.63) is 108 Å². The van der Waals surface area contributed by atoms with Gasteiger partial charge in [-0.3, -0.25) is 9.89 Å². The average Bonchev–Trinajstić information content (AvgIpc) is 3.12. The molecular formula is C22H20FN3O2. The number of hydrogen-bond donors (Lipinski definition) is 1. The zero-order valence-electron chi connectivity index (χ0n) is 15.2. The number of amides is 1. The van der Waals surface area contributed by atoms with E-state index in [0.29, 0.717) is 12.1 Å². The number of benzene rings is 1. The summed E-state index contributed by atoms with van der Waals surface area (Å²) in [6, 6.07) is 4.85. The number of fused-ring (bicyclic) bond motifs is 1. The Morgan fingerprint density at radius 3 is 2.57 bits per heavy atom. The number of allylic oxidation sites excluding steroid dienone is 9. The molecule has 0 saturated heterocycles. The standard InChI is InChI=1S/C22H20FN3O2/c23-20-11-9-10-18-16-26(17-19(18)20)22(27)28-21-12-7-5-3-1-2-4-6-8-13-24-14-15-25-21/h1-15,25H,16-17H2. The first-order valence-corrected chi connectivity index (χ1v) is 8.79. The van der Waals surface area contributed by atoms with Crippen molar-refractivity contribution in [2.24, 2.45) is 4.99 Å². The molecule has 2 aliphatic heterocycles. The lowest BCUT2D eigenvalue weighted by Crippen LogP contribution is -2.28. The topological polar surface area (TPSA) is 53.9 Å². The summed E-state index contributed by atoms with van der Waals surface area (Å²) in [7, 11) is 0. The van der Waals surface area contributed by atoms with Crippen LogP contribution in [-0.2, 0) is 17.8 Å². The molecule has 2 aliphatic rings. The van der Waals surface area contributed by atoms with Crippen LogP contribution in [0.15, 0.2) is 96.2 Å². The predicted octanol–water partition coefficient (Wildman–Crippen LogP) is 4.49. The fourth-order valence-electron chi connectivity index (χ4n) is 2.62. The minimum Gasteiger partial charge on any atom is -0.393 e. The van der Waals surface area contributed by atoms with Crippen LogP contribution in [0.4, 0.5) is 9.18 Å². The van der Waals surface area contributed by atoms with Crippen molar-refractivity contribution < 1.29 is 13.9 Å². The Kier molecular flexibility index (Phi) is 6.73. The summed E-state index contributed by atoms with van der Waals surface area (Å²) >= 11 is 0. The van der Waals surface area contributed by atoms with Crippen molar-refractivity contribution in [3.63, 3.8) is 0 Å². The molecule has 6 heteroatoms. The molecule has 2 heterocycles. The zero-order chi connectivity index (χ0) is 19.6. The fraction of sp³-hybridized carbons (Fsp3) is 0.0909. The van der Waals surface area contributed by atoms with Crippen LogP contribution in [0.3, 0.4) is 0 Å². The molecule has 1 aromatic carbocycles. The monoisotopic (exact) mass is 377 g/mol. The van der Waals surface area contributed by atoms with Gasteiger partial charge in [-0.05, 0) is 23.8 Å². The average molecular weight is 377 g/mol.